The summed E-state index contributed by atoms with van der Waals surface area (Å²) in [6.45, 7) is 3.01. The maximum atomic E-state index is 5.95. The second kappa shape index (κ2) is 6.94. The smallest absolute Gasteiger partial charge is 0.188 e. The Balaban J connectivity index is 1.55. The monoisotopic (exact) mass is 286 g/mol. The van der Waals surface area contributed by atoms with E-state index < -0.39 is 0 Å². The molecule has 114 valence electrons. The highest BCUT2D eigenvalue weighted by Gasteiger charge is 2.23. The number of guanidine groups is 1. The number of piperidine rings is 1. The van der Waals surface area contributed by atoms with Crippen LogP contribution in [-0.4, -0.2) is 36.0 Å². The average Bonchev–Trinajstić information content (AvgIpc) is 3.31. The number of nitrogens with one attached hydrogen (secondary N) is 1. The number of aliphatic imine (C=N–C) groups is 1. The van der Waals surface area contributed by atoms with E-state index in [9.17, 15) is 0 Å². The third-order valence-electron chi connectivity index (χ3n) is 4.38. The summed E-state index contributed by atoms with van der Waals surface area (Å²) >= 11 is 0. The fraction of sp³-hybridized carbons (Fsp3) is 0.588. The van der Waals surface area contributed by atoms with E-state index in [1.165, 1.54) is 44.2 Å². The zero-order chi connectivity index (χ0) is 14.5. The van der Waals surface area contributed by atoms with Crippen LogP contribution < -0.4 is 11.1 Å². The first-order chi connectivity index (χ1) is 10.3. The molecule has 0 radical (unpaired) electrons. The lowest BCUT2D eigenvalue weighted by Gasteiger charge is -2.35. The third kappa shape index (κ3) is 4.46. The Labute approximate surface area is 127 Å². The van der Waals surface area contributed by atoms with Crippen LogP contribution in [0.1, 0.15) is 37.7 Å². The molecule has 2 aliphatic rings. The lowest BCUT2D eigenvalue weighted by Crippen LogP contribution is -2.42. The molecule has 2 fully saturated rings. The minimum absolute atomic E-state index is 0.526. The molecule has 21 heavy (non-hydrogen) atoms. The summed E-state index contributed by atoms with van der Waals surface area (Å²) in [5.74, 6) is 0.628. The molecule has 1 aromatic carbocycles. The van der Waals surface area contributed by atoms with Crippen molar-refractivity contribution in [2.75, 3.05) is 13.1 Å². The highest BCUT2D eigenvalue weighted by atomic mass is 15.2. The zero-order valence-electron chi connectivity index (χ0n) is 12.7. The van der Waals surface area contributed by atoms with Crippen LogP contribution in [0.15, 0.2) is 35.3 Å². The van der Waals surface area contributed by atoms with Crippen LogP contribution in [0.25, 0.3) is 0 Å². The lowest BCUT2D eigenvalue weighted by atomic mass is 10.0. The number of rotatable bonds is 5. The van der Waals surface area contributed by atoms with Gasteiger partial charge >= 0.3 is 0 Å². The molecule has 0 spiro atoms. The number of hydrogen-bond acceptors (Lipinski definition) is 2. The van der Waals surface area contributed by atoms with Crippen LogP contribution in [0, 0.1) is 0 Å². The van der Waals surface area contributed by atoms with Gasteiger partial charge in [-0.05, 0) is 37.8 Å². The van der Waals surface area contributed by atoms with E-state index in [1.54, 1.807) is 0 Å². The minimum atomic E-state index is 0.526. The second-order valence-corrected chi connectivity index (χ2v) is 6.25. The second-order valence-electron chi connectivity index (χ2n) is 6.25. The Morgan fingerprint density at radius 3 is 2.76 bits per heavy atom. The van der Waals surface area contributed by atoms with E-state index in [0.29, 0.717) is 18.0 Å². The minimum Gasteiger partial charge on any atom is -0.370 e. The molecule has 0 bridgehead atoms. The fourth-order valence-electron chi connectivity index (χ4n) is 2.98. The molecule has 1 atom stereocenters. The molecule has 1 saturated heterocycles. The molecule has 4 nitrogen and oxygen atoms in total. The molecule has 1 unspecified atom stereocenters. The lowest BCUT2D eigenvalue weighted by molar-refractivity contribution is 0.145. The highest BCUT2D eigenvalue weighted by molar-refractivity contribution is 5.78. The van der Waals surface area contributed by atoms with Gasteiger partial charge in [0.15, 0.2) is 5.96 Å². The number of nitrogens with zero attached hydrogens (tertiary/aromatic N) is 2. The molecule has 1 heterocycles. The predicted octanol–water partition coefficient (Wildman–Crippen LogP) is 2.11. The largest absolute Gasteiger partial charge is 0.370 e. The van der Waals surface area contributed by atoms with Crippen LogP contribution in [0.4, 0.5) is 0 Å². The first-order valence-corrected chi connectivity index (χ1v) is 8.16. The first-order valence-electron chi connectivity index (χ1n) is 8.16. The molecular formula is C17H26N4. The molecule has 1 saturated carbocycles. The summed E-state index contributed by atoms with van der Waals surface area (Å²) in [5.41, 5.74) is 7.34. The van der Waals surface area contributed by atoms with E-state index >= 15 is 0 Å². The summed E-state index contributed by atoms with van der Waals surface area (Å²) in [6.07, 6.45) is 6.30. The Morgan fingerprint density at radius 2 is 2.00 bits per heavy atom. The predicted molar refractivity (Wildman–Crippen MR) is 87.1 cm³/mol. The van der Waals surface area contributed by atoms with Gasteiger partial charge in [-0.3, -0.25) is 9.89 Å². The molecule has 1 aromatic rings. The normalized spacial score (nSPS) is 24.0. The summed E-state index contributed by atoms with van der Waals surface area (Å²) in [5, 5.41) is 3.27. The SMILES string of the molecule is NC(=NCC1CCCCN1Cc1ccccc1)NC1CC1. The summed E-state index contributed by atoms with van der Waals surface area (Å²) in [7, 11) is 0. The van der Waals surface area contributed by atoms with E-state index in [0.717, 1.165) is 13.1 Å². The molecule has 0 amide bonds. The van der Waals surface area contributed by atoms with Crippen molar-refractivity contribution in [3.63, 3.8) is 0 Å². The topological polar surface area (TPSA) is 53.6 Å². The average molecular weight is 286 g/mol. The van der Waals surface area contributed by atoms with Crippen molar-refractivity contribution < 1.29 is 0 Å². The van der Waals surface area contributed by atoms with Crippen molar-refractivity contribution in [2.24, 2.45) is 10.7 Å². The summed E-state index contributed by atoms with van der Waals surface area (Å²) in [6, 6.07) is 11.8. The van der Waals surface area contributed by atoms with Gasteiger partial charge in [-0.2, -0.15) is 0 Å². The van der Waals surface area contributed by atoms with E-state index in [1.807, 2.05) is 0 Å². The number of likely N-dealkylation sites (tertiary alicyclic amines) is 1. The molecule has 3 N–H and O–H groups in total. The van der Waals surface area contributed by atoms with Crippen molar-refractivity contribution in [1.29, 1.82) is 0 Å². The fourth-order valence-corrected chi connectivity index (χ4v) is 2.98. The molecule has 0 aromatic heterocycles. The quantitative estimate of drug-likeness (QED) is 0.644. The van der Waals surface area contributed by atoms with E-state index in [4.69, 9.17) is 5.73 Å². The number of benzene rings is 1. The van der Waals surface area contributed by atoms with Gasteiger partial charge in [0.05, 0.1) is 6.54 Å². The van der Waals surface area contributed by atoms with Gasteiger partial charge in [0.2, 0.25) is 0 Å². The van der Waals surface area contributed by atoms with E-state index in [-0.39, 0.29) is 0 Å². The Bertz CT molecular complexity index is 467. The molecular weight excluding hydrogens is 260 g/mol. The van der Waals surface area contributed by atoms with Gasteiger partial charge in [0.25, 0.3) is 0 Å². The molecule has 3 rings (SSSR count). The van der Waals surface area contributed by atoms with Gasteiger partial charge in [-0.15, -0.1) is 0 Å². The highest BCUT2D eigenvalue weighted by Crippen LogP contribution is 2.20. The van der Waals surface area contributed by atoms with Crippen molar-refractivity contribution in [3.8, 4) is 0 Å². The van der Waals surface area contributed by atoms with Crippen LogP contribution in [0.5, 0.6) is 0 Å². The van der Waals surface area contributed by atoms with Crippen molar-refractivity contribution in [1.82, 2.24) is 10.2 Å². The molecule has 1 aliphatic heterocycles. The van der Waals surface area contributed by atoms with Gasteiger partial charge in [-0.25, -0.2) is 0 Å². The summed E-state index contributed by atoms with van der Waals surface area (Å²) in [4.78, 5) is 7.12. The number of nitrogens with two attached hydrogens (primary N) is 1. The van der Waals surface area contributed by atoms with Gasteiger partial charge < -0.3 is 11.1 Å². The van der Waals surface area contributed by atoms with E-state index in [2.05, 4.69) is 45.5 Å². The standard InChI is InChI=1S/C17H26N4/c18-17(20-15-9-10-15)19-12-16-8-4-5-11-21(16)13-14-6-2-1-3-7-14/h1-3,6-7,15-16H,4-5,8-13H2,(H3,18,19,20). The van der Waals surface area contributed by atoms with Crippen molar-refractivity contribution >= 4 is 5.96 Å². The van der Waals surface area contributed by atoms with Crippen LogP contribution in [-0.2, 0) is 6.54 Å². The third-order valence-corrected chi connectivity index (χ3v) is 4.38. The van der Waals surface area contributed by atoms with Crippen molar-refractivity contribution in [2.45, 2.75) is 50.7 Å². The Morgan fingerprint density at radius 1 is 1.19 bits per heavy atom. The van der Waals surface area contributed by atoms with Crippen molar-refractivity contribution in [3.05, 3.63) is 35.9 Å². The van der Waals surface area contributed by atoms with Crippen LogP contribution in [0.3, 0.4) is 0 Å². The van der Waals surface area contributed by atoms with Crippen LogP contribution >= 0.6 is 0 Å². The maximum absolute atomic E-state index is 5.95. The number of hydrogen-bond donors (Lipinski definition) is 2. The Hall–Kier alpha value is -1.55. The van der Waals surface area contributed by atoms with Crippen LogP contribution in [0.2, 0.25) is 0 Å². The van der Waals surface area contributed by atoms with Gasteiger partial charge in [0, 0.05) is 18.6 Å². The zero-order valence-corrected chi connectivity index (χ0v) is 12.7. The Kier molecular flexibility index (Phi) is 4.76. The molecule has 4 heteroatoms. The summed E-state index contributed by atoms with van der Waals surface area (Å²) < 4.78 is 0. The first kappa shape index (κ1) is 14.4. The van der Waals surface area contributed by atoms with Gasteiger partial charge in [0.1, 0.15) is 0 Å². The maximum Gasteiger partial charge on any atom is 0.188 e. The molecule has 1 aliphatic carbocycles. The van der Waals surface area contributed by atoms with Gasteiger partial charge in [-0.1, -0.05) is 36.8 Å².